The molecule has 0 bridgehead atoms. The smallest absolute Gasteiger partial charge is 0.340 e. The molecule has 5 aromatic rings. The molecule has 0 saturated carbocycles. The average Bonchev–Trinajstić information content (AvgIpc) is 3.25. The van der Waals surface area contributed by atoms with Crippen molar-refractivity contribution in [3.8, 4) is 11.5 Å². The van der Waals surface area contributed by atoms with Crippen LogP contribution in [-0.4, -0.2) is 82.7 Å². The number of nitrogens with one attached hydrogen (secondary N) is 1. The van der Waals surface area contributed by atoms with E-state index < -0.39 is 48.3 Å². The topological polar surface area (TPSA) is 163 Å². The largest absolute Gasteiger partial charge is 0.497 e. The number of rotatable bonds is 17. The number of amides is 1. The summed E-state index contributed by atoms with van der Waals surface area (Å²) < 4.78 is 34.4. The molecule has 2 aliphatic heterocycles. The Morgan fingerprint density at radius 1 is 0.847 bits per heavy atom. The van der Waals surface area contributed by atoms with Gasteiger partial charge in [0.25, 0.3) is 0 Å². The Morgan fingerprint density at radius 3 is 2.10 bits per heavy atom. The Hall–Kier alpha value is -6.18. The van der Waals surface area contributed by atoms with Crippen LogP contribution < -0.4 is 25.3 Å². The van der Waals surface area contributed by atoms with Crippen molar-refractivity contribution in [2.24, 2.45) is 0 Å². The second-order valence-electron chi connectivity index (χ2n) is 14.8. The van der Waals surface area contributed by atoms with Crippen molar-refractivity contribution in [1.82, 2.24) is 5.32 Å². The molecule has 308 valence electrons. The maximum Gasteiger partial charge on any atom is 0.340 e. The lowest BCUT2D eigenvalue weighted by atomic mass is 9.80. The minimum Gasteiger partial charge on any atom is -0.497 e. The van der Waals surface area contributed by atoms with Crippen molar-refractivity contribution in [2.75, 3.05) is 58.6 Å². The van der Waals surface area contributed by atoms with Gasteiger partial charge in [0.1, 0.15) is 42.5 Å². The molecule has 1 atom stereocenters. The van der Waals surface area contributed by atoms with Crippen molar-refractivity contribution in [1.29, 1.82) is 0 Å². The summed E-state index contributed by atoms with van der Waals surface area (Å²) in [6.07, 6.45) is 3.47. The molecule has 2 aliphatic rings. The number of esters is 1. The zero-order valence-electron chi connectivity index (χ0n) is 33.4. The SMILES string of the molecule is COc1ccc(C(OCC(COC(=O)COCC(=O)O)NC(=O)Cc2c(C)c3cc4c5c(c3oc2=O)CCCN5CCC4)(c2ccccc2)c2ccc(OC)cc2)cc1. The van der Waals surface area contributed by atoms with Crippen molar-refractivity contribution >= 4 is 34.5 Å². The summed E-state index contributed by atoms with van der Waals surface area (Å²) in [7, 11) is 3.17. The number of carboxylic acid groups (broad SMARTS) is 1. The first-order valence-electron chi connectivity index (χ1n) is 19.7. The summed E-state index contributed by atoms with van der Waals surface area (Å²) in [5, 5.41) is 12.7. The number of fused-ring (bicyclic) bond motifs is 2. The van der Waals surface area contributed by atoms with Crippen LogP contribution in [0.4, 0.5) is 5.69 Å². The van der Waals surface area contributed by atoms with Gasteiger partial charge in [0, 0.05) is 29.7 Å². The predicted molar refractivity (Wildman–Crippen MR) is 219 cm³/mol. The summed E-state index contributed by atoms with van der Waals surface area (Å²) in [5.41, 5.74) is 5.39. The maximum absolute atomic E-state index is 14.0. The van der Waals surface area contributed by atoms with E-state index in [2.05, 4.69) is 16.3 Å². The van der Waals surface area contributed by atoms with Gasteiger partial charge >= 0.3 is 17.6 Å². The fraction of sp³-hybridized carbons (Fsp3) is 0.348. The van der Waals surface area contributed by atoms with Crippen molar-refractivity contribution in [2.45, 2.75) is 50.7 Å². The van der Waals surface area contributed by atoms with E-state index in [9.17, 15) is 19.2 Å². The highest BCUT2D eigenvalue weighted by molar-refractivity contribution is 5.92. The number of hydrogen-bond donors (Lipinski definition) is 2. The number of aliphatic carboxylic acids is 1. The number of anilines is 1. The molecule has 13 heteroatoms. The normalized spacial score (nSPS) is 14.0. The van der Waals surface area contributed by atoms with Crippen LogP contribution in [0, 0.1) is 6.92 Å². The minimum atomic E-state index is -1.26. The van der Waals surface area contributed by atoms with Crippen LogP contribution in [0.5, 0.6) is 11.5 Å². The van der Waals surface area contributed by atoms with Gasteiger partial charge in [-0.2, -0.15) is 0 Å². The molecule has 0 saturated heterocycles. The van der Waals surface area contributed by atoms with E-state index in [1.54, 1.807) is 14.2 Å². The summed E-state index contributed by atoms with van der Waals surface area (Å²) in [6.45, 7) is 1.98. The molecule has 1 unspecified atom stereocenters. The number of methoxy groups -OCH3 is 2. The maximum atomic E-state index is 14.0. The van der Waals surface area contributed by atoms with Gasteiger partial charge in [-0.15, -0.1) is 0 Å². The fourth-order valence-electron chi connectivity index (χ4n) is 8.23. The number of carboxylic acids is 1. The lowest BCUT2D eigenvalue weighted by Crippen LogP contribution is -2.46. The quantitative estimate of drug-likeness (QED) is 0.0691. The Bertz CT molecular complexity index is 2310. The number of nitrogens with zero attached hydrogens (tertiary/aromatic N) is 1. The van der Waals surface area contributed by atoms with Gasteiger partial charge in [-0.3, -0.25) is 4.79 Å². The fourth-order valence-corrected chi connectivity index (χ4v) is 8.23. The Labute approximate surface area is 341 Å². The molecule has 4 aromatic carbocycles. The number of carbonyl (C=O) groups excluding carboxylic acids is 2. The summed E-state index contributed by atoms with van der Waals surface area (Å²) in [6, 6.07) is 25.6. The van der Waals surface area contributed by atoms with Gasteiger partial charge in [0.15, 0.2) is 0 Å². The van der Waals surface area contributed by atoms with E-state index in [-0.39, 0.29) is 25.2 Å². The number of carbonyl (C=O) groups is 3. The molecule has 2 N–H and O–H groups in total. The van der Waals surface area contributed by atoms with Gasteiger partial charge < -0.3 is 43.4 Å². The third-order valence-electron chi connectivity index (χ3n) is 11.0. The van der Waals surface area contributed by atoms with Crippen LogP contribution in [-0.2, 0) is 53.5 Å². The van der Waals surface area contributed by atoms with Gasteiger partial charge in [-0.25, -0.2) is 14.4 Å². The number of hydrogen-bond acceptors (Lipinski definition) is 11. The molecule has 1 amide bonds. The summed E-state index contributed by atoms with van der Waals surface area (Å²) in [4.78, 5) is 53.8. The molecule has 3 heterocycles. The molecule has 59 heavy (non-hydrogen) atoms. The van der Waals surface area contributed by atoms with E-state index in [0.717, 1.165) is 66.4 Å². The summed E-state index contributed by atoms with van der Waals surface area (Å²) >= 11 is 0. The highest BCUT2D eigenvalue weighted by Gasteiger charge is 2.39. The highest BCUT2D eigenvalue weighted by atomic mass is 16.6. The molecule has 0 spiro atoms. The van der Waals surface area contributed by atoms with Crippen LogP contribution in [0.15, 0.2) is 94.1 Å². The van der Waals surface area contributed by atoms with E-state index in [1.165, 1.54) is 11.3 Å². The monoisotopic (exact) mass is 804 g/mol. The van der Waals surface area contributed by atoms with Crippen molar-refractivity contribution < 1.29 is 47.6 Å². The van der Waals surface area contributed by atoms with E-state index in [1.807, 2.05) is 85.8 Å². The van der Waals surface area contributed by atoms with E-state index in [4.69, 9.17) is 33.2 Å². The second-order valence-corrected chi connectivity index (χ2v) is 14.8. The second kappa shape index (κ2) is 18.2. The standard InChI is InChI=1S/C46H48N2O11/c1-29-38-23-30-9-7-21-48-22-8-12-37(43(30)48)44(38)59-45(53)39(29)24-40(49)47-34(25-57-42(52)28-56-27-41(50)51)26-58-46(31-10-5-4-6-11-31,32-13-17-35(54-2)18-14-32)33-15-19-36(55-3)20-16-33/h4-6,10-11,13-20,23,34H,7-9,12,21-22,24-28H2,1-3H3,(H,47,49)(H,50,51). The molecule has 1 aromatic heterocycles. The molecule has 0 fully saturated rings. The highest BCUT2D eigenvalue weighted by Crippen LogP contribution is 2.43. The zero-order valence-corrected chi connectivity index (χ0v) is 33.4. The van der Waals surface area contributed by atoms with Crippen molar-refractivity contribution in [3.05, 3.63) is 134 Å². The van der Waals surface area contributed by atoms with E-state index >= 15 is 0 Å². The molecule has 13 nitrogen and oxygen atoms in total. The minimum absolute atomic E-state index is 0.181. The van der Waals surface area contributed by atoms with Crippen LogP contribution >= 0.6 is 0 Å². The van der Waals surface area contributed by atoms with Crippen LogP contribution in [0.1, 0.15) is 51.8 Å². The van der Waals surface area contributed by atoms with Gasteiger partial charge in [-0.1, -0.05) is 54.6 Å². The molecule has 0 aliphatic carbocycles. The molecule has 7 rings (SSSR count). The average molecular weight is 805 g/mol. The Morgan fingerprint density at radius 2 is 1.47 bits per heavy atom. The number of aryl methyl sites for hydroxylation is 3. The molecular formula is C46H48N2O11. The lowest BCUT2D eigenvalue weighted by molar-refractivity contribution is -0.154. The molecular weight excluding hydrogens is 757 g/mol. The van der Waals surface area contributed by atoms with Crippen molar-refractivity contribution in [3.63, 3.8) is 0 Å². The Balaban J connectivity index is 1.21. The zero-order chi connectivity index (χ0) is 41.5. The van der Waals surface area contributed by atoms with E-state index in [0.29, 0.717) is 22.6 Å². The summed E-state index contributed by atoms with van der Waals surface area (Å²) in [5.74, 6) is -1.30. The van der Waals surface area contributed by atoms with Gasteiger partial charge in [0.2, 0.25) is 5.91 Å². The lowest BCUT2D eigenvalue weighted by Gasteiger charge is -2.37. The number of ether oxygens (including phenoxy) is 5. The van der Waals surface area contributed by atoms with Gasteiger partial charge in [-0.05, 0) is 90.8 Å². The third-order valence-corrected chi connectivity index (χ3v) is 11.0. The third kappa shape index (κ3) is 8.81. The van der Waals surface area contributed by atoms with Crippen LogP contribution in [0.25, 0.3) is 11.0 Å². The van der Waals surface area contributed by atoms with Gasteiger partial charge in [0.05, 0.1) is 38.9 Å². The first-order chi connectivity index (χ1) is 28.6. The molecule has 0 radical (unpaired) electrons. The van der Waals surface area contributed by atoms with Crippen LogP contribution in [0.3, 0.4) is 0 Å². The first-order valence-corrected chi connectivity index (χ1v) is 19.7. The number of benzene rings is 4. The Kier molecular flexibility index (Phi) is 12.6. The first kappa shape index (κ1) is 41.0. The predicted octanol–water partition coefficient (Wildman–Crippen LogP) is 5.50. The van der Waals surface area contributed by atoms with Crippen LogP contribution in [0.2, 0.25) is 0 Å².